The molecule has 1 saturated carbocycles. The van der Waals surface area contributed by atoms with Crippen molar-refractivity contribution < 1.29 is 9.90 Å². The molecular weight excluding hydrogens is 164 g/mol. The third kappa shape index (κ3) is 1.44. The van der Waals surface area contributed by atoms with Gasteiger partial charge in [0, 0.05) is 5.41 Å². The predicted molar refractivity (Wildman–Crippen MR) is 52.3 cm³/mol. The monoisotopic (exact) mass is 182 g/mol. The Bertz CT molecular complexity index is 242. The summed E-state index contributed by atoms with van der Waals surface area (Å²) in [5.74, 6) is 0.0500. The third-order valence-corrected chi connectivity index (χ3v) is 3.61. The van der Waals surface area contributed by atoms with Crippen molar-refractivity contribution in [3.63, 3.8) is 0 Å². The van der Waals surface area contributed by atoms with Crippen molar-refractivity contribution in [3.8, 4) is 0 Å². The molecule has 1 fully saturated rings. The third-order valence-electron chi connectivity index (χ3n) is 3.61. The van der Waals surface area contributed by atoms with Gasteiger partial charge in [-0.3, -0.25) is 4.79 Å². The maximum Gasteiger partial charge on any atom is 0.161 e. The summed E-state index contributed by atoms with van der Waals surface area (Å²) in [4.78, 5) is 11.7. The van der Waals surface area contributed by atoms with Gasteiger partial charge in [-0.1, -0.05) is 27.4 Å². The molecule has 0 aromatic carbocycles. The number of hydrogen-bond acceptors (Lipinski definition) is 2. The molecule has 74 valence electrons. The molecule has 0 radical (unpaired) electrons. The van der Waals surface area contributed by atoms with Crippen LogP contribution in [0.5, 0.6) is 0 Å². The predicted octanol–water partition coefficient (Wildman–Crippen LogP) is 1.93. The topological polar surface area (TPSA) is 37.3 Å². The Morgan fingerprint density at radius 1 is 1.46 bits per heavy atom. The number of hydrogen-bond donors (Lipinski definition) is 1. The fraction of sp³-hybridized carbons (Fsp3) is 0.727. The molecule has 0 aromatic heterocycles. The van der Waals surface area contributed by atoms with Crippen LogP contribution < -0.4 is 0 Å². The second kappa shape index (κ2) is 2.95. The Morgan fingerprint density at radius 2 is 2.00 bits per heavy atom. The number of carbonyl (C=O) groups is 1. The molecule has 2 atom stereocenters. The van der Waals surface area contributed by atoms with Gasteiger partial charge in [-0.15, -0.1) is 0 Å². The van der Waals surface area contributed by atoms with Crippen LogP contribution in [0.1, 0.15) is 33.6 Å². The van der Waals surface area contributed by atoms with E-state index in [9.17, 15) is 9.90 Å². The molecule has 1 rings (SSSR count). The van der Waals surface area contributed by atoms with Crippen molar-refractivity contribution in [2.45, 2.75) is 39.7 Å². The van der Waals surface area contributed by atoms with Crippen molar-refractivity contribution in [3.05, 3.63) is 12.7 Å². The van der Waals surface area contributed by atoms with E-state index in [4.69, 9.17) is 0 Å². The number of aliphatic hydroxyl groups excluding tert-OH is 1. The lowest BCUT2D eigenvalue weighted by atomic mass is 9.67. The molecule has 0 saturated heterocycles. The van der Waals surface area contributed by atoms with E-state index in [1.165, 1.54) is 6.08 Å². The van der Waals surface area contributed by atoms with Crippen LogP contribution in [-0.2, 0) is 4.79 Å². The van der Waals surface area contributed by atoms with Crippen LogP contribution in [0.3, 0.4) is 0 Å². The number of allylic oxidation sites excluding steroid dienone is 1. The summed E-state index contributed by atoms with van der Waals surface area (Å²) in [5.41, 5.74) is -0.564. The summed E-state index contributed by atoms with van der Waals surface area (Å²) >= 11 is 0. The normalized spacial score (nSPS) is 37.4. The highest BCUT2D eigenvalue weighted by Gasteiger charge is 2.52. The fourth-order valence-corrected chi connectivity index (χ4v) is 2.29. The van der Waals surface area contributed by atoms with E-state index >= 15 is 0 Å². The minimum absolute atomic E-state index is 0.0500. The average molecular weight is 182 g/mol. The molecule has 2 nitrogen and oxygen atoms in total. The first-order chi connectivity index (χ1) is 5.83. The lowest BCUT2D eigenvalue weighted by molar-refractivity contribution is -0.127. The maximum atomic E-state index is 11.7. The summed E-state index contributed by atoms with van der Waals surface area (Å²) in [6.45, 7) is 9.50. The van der Waals surface area contributed by atoms with E-state index in [1.54, 1.807) is 0 Å². The highest BCUT2D eigenvalue weighted by atomic mass is 16.3. The van der Waals surface area contributed by atoms with Crippen LogP contribution >= 0.6 is 0 Å². The zero-order valence-electron chi connectivity index (χ0n) is 8.63. The quantitative estimate of drug-likeness (QED) is 0.662. The summed E-state index contributed by atoms with van der Waals surface area (Å²) in [6, 6.07) is 0. The van der Waals surface area contributed by atoms with Crippen LogP contribution in [0.2, 0.25) is 0 Å². The van der Waals surface area contributed by atoms with Crippen molar-refractivity contribution in [2.24, 2.45) is 10.8 Å². The molecule has 0 aliphatic heterocycles. The zero-order chi connectivity index (χ0) is 10.3. The second-order valence-corrected chi connectivity index (χ2v) is 4.85. The molecule has 2 heteroatoms. The maximum absolute atomic E-state index is 11.7. The second-order valence-electron chi connectivity index (χ2n) is 4.85. The van der Waals surface area contributed by atoms with Crippen LogP contribution in [0.15, 0.2) is 12.7 Å². The highest BCUT2D eigenvalue weighted by Crippen LogP contribution is 2.52. The summed E-state index contributed by atoms with van der Waals surface area (Å²) in [7, 11) is 0. The van der Waals surface area contributed by atoms with Crippen molar-refractivity contribution >= 4 is 5.78 Å². The van der Waals surface area contributed by atoms with Crippen molar-refractivity contribution in [1.82, 2.24) is 0 Å². The number of rotatable bonds is 2. The molecule has 0 spiro atoms. The van der Waals surface area contributed by atoms with Gasteiger partial charge >= 0.3 is 0 Å². The highest BCUT2D eigenvalue weighted by molar-refractivity contribution is 5.95. The Balaban J connectivity index is 3.02. The molecular formula is C11H18O2. The molecule has 1 aliphatic rings. The minimum atomic E-state index is -0.436. The minimum Gasteiger partial charge on any atom is -0.393 e. The average Bonchev–Trinajstić information content (AvgIpc) is 2.20. The first kappa shape index (κ1) is 10.5. The van der Waals surface area contributed by atoms with Gasteiger partial charge in [-0.25, -0.2) is 0 Å². The Morgan fingerprint density at radius 3 is 2.31 bits per heavy atom. The summed E-state index contributed by atoms with van der Waals surface area (Å²) < 4.78 is 0. The molecule has 1 aliphatic carbocycles. The van der Waals surface area contributed by atoms with Gasteiger partial charge in [0.05, 0.1) is 6.10 Å². The largest absolute Gasteiger partial charge is 0.393 e. The van der Waals surface area contributed by atoms with Gasteiger partial charge in [0.25, 0.3) is 0 Å². The number of carbonyl (C=O) groups excluding carboxylic acids is 1. The van der Waals surface area contributed by atoms with E-state index in [0.717, 1.165) is 0 Å². The SMILES string of the molecule is C=CC(=O)C1(C)CC(O)CC1(C)C. The molecule has 0 aromatic rings. The van der Waals surface area contributed by atoms with Gasteiger partial charge in [0.1, 0.15) is 0 Å². The molecule has 13 heavy (non-hydrogen) atoms. The van der Waals surface area contributed by atoms with E-state index in [1.807, 2.05) is 20.8 Å². The first-order valence-electron chi connectivity index (χ1n) is 4.68. The van der Waals surface area contributed by atoms with E-state index in [-0.39, 0.29) is 17.3 Å². The van der Waals surface area contributed by atoms with Gasteiger partial charge in [0.2, 0.25) is 0 Å². The number of aliphatic hydroxyl groups is 1. The Hall–Kier alpha value is -0.630. The van der Waals surface area contributed by atoms with Gasteiger partial charge in [-0.05, 0) is 24.3 Å². The van der Waals surface area contributed by atoms with Crippen LogP contribution in [0, 0.1) is 10.8 Å². The Labute approximate surface area is 79.6 Å². The smallest absolute Gasteiger partial charge is 0.161 e. The standard InChI is InChI=1S/C11H18O2/c1-5-9(13)11(4)7-8(12)6-10(11,2)3/h5,8,12H,1,6-7H2,2-4H3. The summed E-state index contributed by atoms with van der Waals surface area (Å²) in [5, 5.41) is 9.56. The molecule has 2 unspecified atom stereocenters. The van der Waals surface area contributed by atoms with E-state index in [2.05, 4.69) is 6.58 Å². The van der Waals surface area contributed by atoms with Gasteiger partial charge in [-0.2, -0.15) is 0 Å². The zero-order valence-corrected chi connectivity index (χ0v) is 8.63. The van der Waals surface area contributed by atoms with Crippen LogP contribution in [0.4, 0.5) is 0 Å². The first-order valence-corrected chi connectivity index (χ1v) is 4.68. The number of ketones is 1. The lowest BCUT2D eigenvalue weighted by Crippen LogP contribution is -2.36. The fourth-order valence-electron chi connectivity index (χ4n) is 2.29. The van der Waals surface area contributed by atoms with E-state index in [0.29, 0.717) is 12.8 Å². The lowest BCUT2D eigenvalue weighted by Gasteiger charge is -2.35. The molecule has 0 bridgehead atoms. The van der Waals surface area contributed by atoms with Gasteiger partial charge < -0.3 is 5.11 Å². The summed E-state index contributed by atoms with van der Waals surface area (Å²) in [6.07, 6.45) is 2.29. The van der Waals surface area contributed by atoms with Crippen LogP contribution in [-0.4, -0.2) is 17.0 Å². The Kier molecular flexibility index (Phi) is 2.37. The van der Waals surface area contributed by atoms with Gasteiger partial charge in [0.15, 0.2) is 5.78 Å². The molecule has 1 N–H and O–H groups in total. The van der Waals surface area contributed by atoms with Crippen LogP contribution in [0.25, 0.3) is 0 Å². The van der Waals surface area contributed by atoms with Crippen molar-refractivity contribution in [2.75, 3.05) is 0 Å². The van der Waals surface area contributed by atoms with Crippen molar-refractivity contribution in [1.29, 1.82) is 0 Å². The molecule has 0 amide bonds. The molecule has 0 heterocycles. The van der Waals surface area contributed by atoms with E-state index < -0.39 is 5.41 Å².